The lowest BCUT2D eigenvalue weighted by Gasteiger charge is -2.20. The monoisotopic (exact) mass is 288 g/mol. The fourth-order valence-corrected chi connectivity index (χ4v) is 3.57. The zero-order chi connectivity index (χ0) is 14.9. The van der Waals surface area contributed by atoms with E-state index in [-0.39, 0.29) is 5.56 Å². The summed E-state index contributed by atoms with van der Waals surface area (Å²) in [7, 11) is -1.73. The topological polar surface area (TPSA) is 36.7 Å². The van der Waals surface area contributed by atoms with Gasteiger partial charge in [-0.1, -0.05) is 25.7 Å². The van der Waals surface area contributed by atoms with Crippen molar-refractivity contribution in [2.75, 3.05) is 0 Å². The van der Waals surface area contributed by atoms with E-state index in [1.807, 2.05) is 12.1 Å². The summed E-state index contributed by atoms with van der Waals surface area (Å²) in [6, 6.07) is 7.75. The smallest absolute Gasteiger partial charge is 0.153 e. The first-order chi connectivity index (χ1) is 9.36. The maximum atomic E-state index is 14.3. The Hall–Kier alpha value is -2.06. The van der Waals surface area contributed by atoms with Gasteiger partial charge in [-0.15, -0.1) is 0 Å². The highest BCUT2D eigenvalue weighted by Gasteiger charge is 2.24. The number of rotatable bonds is 2. The van der Waals surface area contributed by atoms with E-state index in [1.54, 1.807) is 12.3 Å². The molecular weight excluding hydrogens is 274 g/mol. The van der Waals surface area contributed by atoms with E-state index >= 15 is 0 Å². The molecule has 2 rings (SSSR count). The van der Waals surface area contributed by atoms with Crippen LogP contribution in [0, 0.1) is 23.0 Å². The first-order valence-electron chi connectivity index (χ1n) is 6.20. The first-order valence-corrected chi connectivity index (χ1v) is 9.70. The normalized spacial score (nSPS) is 11.2. The molecule has 2 nitrogen and oxygen atoms in total. The Morgan fingerprint density at radius 3 is 2.45 bits per heavy atom. The van der Waals surface area contributed by atoms with Gasteiger partial charge < -0.3 is 0 Å². The highest BCUT2D eigenvalue weighted by atomic mass is 28.3. The second kappa shape index (κ2) is 5.14. The molecule has 0 N–H and O–H groups in total. The van der Waals surface area contributed by atoms with Crippen LogP contribution >= 0.6 is 0 Å². The molecule has 0 saturated carbocycles. The summed E-state index contributed by atoms with van der Waals surface area (Å²) in [5.74, 6) is -1.69. The third-order valence-corrected chi connectivity index (χ3v) is 5.09. The van der Waals surface area contributed by atoms with E-state index in [1.165, 1.54) is 6.07 Å². The molecule has 0 unspecified atom stereocenters. The second-order valence-electron chi connectivity index (χ2n) is 5.55. The van der Waals surface area contributed by atoms with Gasteiger partial charge in [-0.25, -0.2) is 8.78 Å². The minimum atomic E-state index is -1.73. The third kappa shape index (κ3) is 2.47. The Bertz CT molecular complexity index is 700. The van der Waals surface area contributed by atoms with Crippen LogP contribution in [-0.2, 0) is 0 Å². The largest absolute Gasteiger partial charge is 0.256 e. The predicted octanol–water partition coefficient (Wildman–Crippen LogP) is 3.44. The minimum Gasteiger partial charge on any atom is -0.256 e. The molecule has 0 radical (unpaired) electrons. The molecule has 0 atom stereocenters. The molecule has 0 bridgehead atoms. The van der Waals surface area contributed by atoms with Crippen molar-refractivity contribution in [2.24, 2.45) is 0 Å². The van der Waals surface area contributed by atoms with Gasteiger partial charge in [-0.2, -0.15) is 5.26 Å². The fourth-order valence-electron chi connectivity index (χ4n) is 2.06. The molecule has 5 heteroatoms. The summed E-state index contributed by atoms with van der Waals surface area (Å²) < 4.78 is 27.7. The lowest BCUT2D eigenvalue weighted by atomic mass is 10.1. The van der Waals surface area contributed by atoms with Crippen LogP contribution < -0.4 is 5.19 Å². The first kappa shape index (κ1) is 14.3. The number of nitrogens with zero attached hydrogens (tertiary/aromatic N) is 2. The molecule has 1 heterocycles. The highest BCUT2D eigenvalue weighted by Crippen LogP contribution is 2.25. The zero-order valence-corrected chi connectivity index (χ0v) is 12.5. The maximum absolute atomic E-state index is 14.3. The molecule has 1 aromatic heterocycles. The molecule has 2 aromatic rings. The summed E-state index contributed by atoms with van der Waals surface area (Å²) in [6.07, 6.45) is 1.58. The van der Waals surface area contributed by atoms with Gasteiger partial charge in [0.1, 0.15) is 17.4 Å². The van der Waals surface area contributed by atoms with Gasteiger partial charge in [0.05, 0.1) is 13.8 Å². The van der Waals surface area contributed by atoms with Gasteiger partial charge in [0.15, 0.2) is 5.82 Å². The summed E-state index contributed by atoms with van der Waals surface area (Å²) in [4.78, 5) is 4.24. The van der Waals surface area contributed by atoms with Crippen LogP contribution in [0.4, 0.5) is 8.78 Å². The standard InChI is InChI=1S/C15H14F2N2Si/c1-20(2,3)13-5-4-8-19-15(13)10-6-7-12(16)11(9-18)14(10)17/h4-8H,1-3H3. The van der Waals surface area contributed by atoms with E-state index in [4.69, 9.17) is 5.26 Å². The number of aromatic nitrogens is 1. The summed E-state index contributed by atoms with van der Waals surface area (Å²) >= 11 is 0. The van der Waals surface area contributed by atoms with Crippen LogP contribution in [0.3, 0.4) is 0 Å². The van der Waals surface area contributed by atoms with Crippen molar-refractivity contribution >= 4 is 13.3 Å². The average Bonchev–Trinajstić information content (AvgIpc) is 2.38. The van der Waals surface area contributed by atoms with Gasteiger partial charge in [0.25, 0.3) is 0 Å². The van der Waals surface area contributed by atoms with Gasteiger partial charge >= 0.3 is 0 Å². The van der Waals surface area contributed by atoms with E-state index in [0.29, 0.717) is 5.69 Å². The average molecular weight is 288 g/mol. The molecule has 1 aromatic carbocycles. The third-order valence-electron chi connectivity index (χ3n) is 3.07. The number of nitriles is 1. The van der Waals surface area contributed by atoms with E-state index in [0.717, 1.165) is 11.3 Å². The molecular formula is C15H14F2N2Si. The minimum absolute atomic E-state index is 0.181. The molecule has 0 aliphatic rings. The van der Waals surface area contributed by atoms with Gasteiger partial charge in [0.2, 0.25) is 0 Å². The van der Waals surface area contributed by atoms with Crippen LogP contribution in [0.1, 0.15) is 5.56 Å². The van der Waals surface area contributed by atoms with Crippen LogP contribution in [0.2, 0.25) is 19.6 Å². The van der Waals surface area contributed by atoms with Crippen molar-refractivity contribution in [2.45, 2.75) is 19.6 Å². The Balaban J connectivity index is 2.75. The summed E-state index contributed by atoms with van der Waals surface area (Å²) in [5.41, 5.74) is 0.122. The van der Waals surface area contributed by atoms with Gasteiger partial charge in [-0.3, -0.25) is 4.98 Å². The van der Waals surface area contributed by atoms with Crippen molar-refractivity contribution in [3.05, 3.63) is 47.7 Å². The van der Waals surface area contributed by atoms with Crippen molar-refractivity contribution < 1.29 is 8.78 Å². The summed E-state index contributed by atoms with van der Waals surface area (Å²) in [6.45, 7) is 6.38. The molecule has 0 fully saturated rings. The Kier molecular flexibility index (Phi) is 3.69. The van der Waals surface area contributed by atoms with E-state index < -0.39 is 25.3 Å². The second-order valence-corrected chi connectivity index (χ2v) is 10.6. The molecule has 0 aliphatic carbocycles. The van der Waals surface area contributed by atoms with Crippen molar-refractivity contribution in [1.29, 1.82) is 5.26 Å². The molecule has 20 heavy (non-hydrogen) atoms. The zero-order valence-electron chi connectivity index (χ0n) is 11.5. The maximum Gasteiger partial charge on any atom is 0.153 e. The number of benzene rings is 1. The molecule has 0 aliphatic heterocycles. The molecule has 0 spiro atoms. The van der Waals surface area contributed by atoms with Crippen LogP contribution in [-0.4, -0.2) is 13.1 Å². The SMILES string of the molecule is C[Si](C)(C)c1cccnc1-c1ccc(F)c(C#N)c1F. The molecule has 0 saturated heterocycles. The predicted molar refractivity (Wildman–Crippen MR) is 77.3 cm³/mol. The van der Waals surface area contributed by atoms with Gasteiger partial charge in [-0.05, 0) is 23.4 Å². The molecule has 102 valence electrons. The fraction of sp³-hybridized carbons (Fsp3) is 0.200. The van der Waals surface area contributed by atoms with Crippen LogP contribution in [0.25, 0.3) is 11.3 Å². The Morgan fingerprint density at radius 2 is 1.85 bits per heavy atom. The van der Waals surface area contributed by atoms with Crippen molar-refractivity contribution in [3.8, 4) is 17.3 Å². The Morgan fingerprint density at radius 1 is 1.15 bits per heavy atom. The lowest BCUT2D eigenvalue weighted by molar-refractivity contribution is 0.579. The van der Waals surface area contributed by atoms with Crippen molar-refractivity contribution in [1.82, 2.24) is 4.98 Å². The summed E-state index contributed by atoms with van der Waals surface area (Å²) in [5, 5.41) is 9.84. The van der Waals surface area contributed by atoms with E-state index in [9.17, 15) is 8.78 Å². The number of hydrogen-bond donors (Lipinski definition) is 0. The lowest BCUT2D eigenvalue weighted by Crippen LogP contribution is -2.39. The quantitative estimate of drug-likeness (QED) is 0.794. The Labute approximate surface area is 117 Å². The van der Waals surface area contributed by atoms with Crippen LogP contribution in [0.5, 0.6) is 0 Å². The van der Waals surface area contributed by atoms with E-state index in [2.05, 4.69) is 24.6 Å². The number of hydrogen-bond acceptors (Lipinski definition) is 2. The van der Waals surface area contributed by atoms with Crippen LogP contribution in [0.15, 0.2) is 30.5 Å². The van der Waals surface area contributed by atoms with Crippen molar-refractivity contribution in [3.63, 3.8) is 0 Å². The molecule has 0 amide bonds. The van der Waals surface area contributed by atoms with Gasteiger partial charge in [0, 0.05) is 11.8 Å². The number of halogens is 2. The number of pyridine rings is 1. The highest BCUT2D eigenvalue weighted by molar-refractivity contribution is 6.89.